The topological polar surface area (TPSA) is 110 Å². The first kappa shape index (κ1) is 22.3. The summed E-state index contributed by atoms with van der Waals surface area (Å²) in [4.78, 5) is 41.2. The molecule has 0 fully saturated rings. The summed E-state index contributed by atoms with van der Waals surface area (Å²) in [6.07, 6.45) is 1.60. The molecule has 0 saturated carbocycles. The molecule has 1 aromatic carbocycles. The fraction of sp³-hybridized carbons (Fsp3) is 0.476. The summed E-state index contributed by atoms with van der Waals surface area (Å²) in [6, 6.07) is 9.40. The van der Waals surface area contributed by atoms with Crippen LogP contribution in [-0.4, -0.2) is 27.7 Å². The molecule has 1 heterocycles. The molecule has 2 rings (SSSR count). The monoisotopic (exact) mass is 402 g/mol. The predicted octanol–water partition coefficient (Wildman–Crippen LogP) is 2.27. The standard InChI is InChI=1S/C21H30N4O4/c1-5-6-12-25-18(22)17(19(27)23-20(25)28)24(13-15-10-8-7-9-11-15)14-16(26)29-21(2,3)4/h7-11H,5-6,12-14,22H2,1-4H3,(H,23,27,28). The van der Waals surface area contributed by atoms with Gasteiger partial charge < -0.3 is 15.4 Å². The molecule has 158 valence electrons. The zero-order valence-electron chi connectivity index (χ0n) is 17.5. The van der Waals surface area contributed by atoms with Crippen molar-refractivity contribution in [1.82, 2.24) is 9.55 Å². The SMILES string of the molecule is CCCCn1c(N)c(N(CC(=O)OC(C)(C)C)Cc2ccccc2)c(=O)[nH]c1=O. The molecular formula is C21H30N4O4. The number of H-pyrrole nitrogens is 1. The molecule has 8 heteroatoms. The quantitative estimate of drug-likeness (QED) is 0.656. The van der Waals surface area contributed by atoms with Gasteiger partial charge in [0.15, 0.2) is 0 Å². The molecular weight excluding hydrogens is 372 g/mol. The second-order valence-electron chi connectivity index (χ2n) is 7.93. The molecule has 0 aliphatic rings. The number of hydrogen-bond donors (Lipinski definition) is 2. The molecule has 0 aliphatic heterocycles. The molecule has 2 aromatic rings. The van der Waals surface area contributed by atoms with Gasteiger partial charge in [-0.1, -0.05) is 43.7 Å². The minimum absolute atomic E-state index is 0.0479. The molecule has 0 atom stereocenters. The largest absolute Gasteiger partial charge is 0.459 e. The van der Waals surface area contributed by atoms with Gasteiger partial charge in [-0.3, -0.25) is 19.1 Å². The van der Waals surface area contributed by atoms with Gasteiger partial charge in [-0.25, -0.2) is 4.79 Å². The van der Waals surface area contributed by atoms with Crippen LogP contribution in [0.15, 0.2) is 39.9 Å². The Kier molecular flexibility index (Phi) is 7.25. The van der Waals surface area contributed by atoms with E-state index < -0.39 is 22.8 Å². The van der Waals surface area contributed by atoms with Crippen molar-refractivity contribution in [3.63, 3.8) is 0 Å². The van der Waals surface area contributed by atoms with Gasteiger partial charge in [-0.05, 0) is 32.8 Å². The molecule has 0 radical (unpaired) electrons. The summed E-state index contributed by atoms with van der Waals surface area (Å²) in [6.45, 7) is 7.80. The highest BCUT2D eigenvalue weighted by molar-refractivity contribution is 5.78. The highest BCUT2D eigenvalue weighted by Crippen LogP contribution is 2.20. The second-order valence-corrected chi connectivity index (χ2v) is 7.93. The van der Waals surface area contributed by atoms with Crippen LogP contribution in [0.1, 0.15) is 46.1 Å². The number of esters is 1. The average molecular weight is 402 g/mol. The van der Waals surface area contributed by atoms with Crippen molar-refractivity contribution >= 4 is 17.5 Å². The Balaban J connectivity index is 2.48. The molecule has 8 nitrogen and oxygen atoms in total. The lowest BCUT2D eigenvalue weighted by Gasteiger charge is -2.27. The van der Waals surface area contributed by atoms with Gasteiger partial charge in [0, 0.05) is 13.1 Å². The van der Waals surface area contributed by atoms with Crippen LogP contribution in [0.3, 0.4) is 0 Å². The van der Waals surface area contributed by atoms with E-state index in [1.165, 1.54) is 4.57 Å². The minimum Gasteiger partial charge on any atom is -0.459 e. The molecule has 0 amide bonds. The van der Waals surface area contributed by atoms with E-state index in [0.29, 0.717) is 6.54 Å². The number of ether oxygens (including phenoxy) is 1. The van der Waals surface area contributed by atoms with E-state index in [2.05, 4.69) is 4.98 Å². The Hall–Kier alpha value is -3.03. The summed E-state index contributed by atoms with van der Waals surface area (Å²) >= 11 is 0. The summed E-state index contributed by atoms with van der Waals surface area (Å²) in [5.74, 6) is -0.440. The Morgan fingerprint density at radius 2 is 1.86 bits per heavy atom. The number of anilines is 2. The number of aromatic nitrogens is 2. The normalized spacial score (nSPS) is 11.3. The Labute approximate surface area is 170 Å². The third-order valence-electron chi connectivity index (χ3n) is 4.22. The third-order valence-corrected chi connectivity index (χ3v) is 4.22. The first-order valence-corrected chi connectivity index (χ1v) is 9.75. The maximum atomic E-state index is 12.6. The Morgan fingerprint density at radius 1 is 1.21 bits per heavy atom. The third kappa shape index (κ3) is 6.23. The van der Waals surface area contributed by atoms with E-state index in [9.17, 15) is 14.4 Å². The van der Waals surface area contributed by atoms with Crippen molar-refractivity contribution in [2.24, 2.45) is 0 Å². The number of benzene rings is 1. The number of carbonyl (C=O) groups is 1. The van der Waals surface area contributed by atoms with E-state index in [0.717, 1.165) is 18.4 Å². The molecule has 0 spiro atoms. The minimum atomic E-state index is -0.659. The Bertz CT molecular complexity index is 942. The molecule has 3 N–H and O–H groups in total. The summed E-state index contributed by atoms with van der Waals surface area (Å²) < 4.78 is 6.76. The van der Waals surface area contributed by atoms with Crippen molar-refractivity contribution < 1.29 is 9.53 Å². The maximum absolute atomic E-state index is 12.6. The molecule has 1 aromatic heterocycles. The number of nitrogens with two attached hydrogens (primary N) is 1. The number of carbonyl (C=O) groups excluding carboxylic acids is 1. The lowest BCUT2D eigenvalue weighted by atomic mass is 10.2. The second kappa shape index (κ2) is 9.45. The number of nitrogen functional groups attached to an aromatic ring is 1. The van der Waals surface area contributed by atoms with Crippen LogP contribution in [-0.2, 0) is 22.6 Å². The molecule has 0 saturated heterocycles. The fourth-order valence-corrected chi connectivity index (χ4v) is 2.97. The number of aromatic amines is 1. The van der Waals surface area contributed by atoms with Crippen LogP contribution in [0.25, 0.3) is 0 Å². The zero-order chi connectivity index (χ0) is 21.6. The highest BCUT2D eigenvalue weighted by Gasteiger charge is 2.24. The van der Waals surface area contributed by atoms with Gasteiger partial charge in [0.25, 0.3) is 5.56 Å². The molecule has 0 unspecified atom stereocenters. The van der Waals surface area contributed by atoms with Crippen molar-refractivity contribution in [2.45, 2.75) is 59.2 Å². The first-order chi connectivity index (χ1) is 13.6. The van der Waals surface area contributed by atoms with Gasteiger partial charge in [0.1, 0.15) is 23.7 Å². The van der Waals surface area contributed by atoms with Gasteiger partial charge in [0.05, 0.1) is 0 Å². The van der Waals surface area contributed by atoms with Crippen molar-refractivity contribution in [2.75, 3.05) is 17.2 Å². The van der Waals surface area contributed by atoms with Crippen molar-refractivity contribution in [3.05, 3.63) is 56.7 Å². The van der Waals surface area contributed by atoms with Gasteiger partial charge in [0.2, 0.25) is 0 Å². The van der Waals surface area contributed by atoms with Gasteiger partial charge in [-0.2, -0.15) is 0 Å². The van der Waals surface area contributed by atoms with E-state index in [4.69, 9.17) is 10.5 Å². The van der Waals surface area contributed by atoms with Crippen molar-refractivity contribution in [1.29, 1.82) is 0 Å². The maximum Gasteiger partial charge on any atom is 0.330 e. The van der Waals surface area contributed by atoms with Crippen LogP contribution < -0.4 is 21.9 Å². The zero-order valence-corrected chi connectivity index (χ0v) is 17.5. The van der Waals surface area contributed by atoms with Crippen LogP contribution in [0.4, 0.5) is 11.5 Å². The highest BCUT2D eigenvalue weighted by atomic mass is 16.6. The number of unbranched alkanes of at least 4 members (excludes halogenated alkanes) is 1. The van der Waals surface area contributed by atoms with E-state index in [-0.39, 0.29) is 24.6 Å². The van der Waals surface area contributed by atoms with Crippen LogP contribution in [0, 0.1) is 0 Å². The number of nitrogens with zero attached hydrogens (tertiary/aromatic N) is 2. The average Bonchev–Trinajstić information content (AvgIpc) is 2.60. The van der Waals surface area contributed by atoms with Crippen LogP contribution in [0.5, 0.6) is 0 Å². The summed E-state index contributed by atoms with van der Waals surface area (Å²) in [5, 5.41) is 0. The first-order valence-electron chi connectivity index (χ1n) is 9.75. The van der Waals surface area contributed by atoms with Crippen LogP contribution in [0.2, 0.25) is 0 Å². The number of nitrogens with one attached hydrogen (secondary N) is 1. The molecule has 0 aliphatic carbocycles. The number of hydrogen-bond acceptors (Lipinski definition) is 6. The lowest BCUT2D eigenvalue weighted by molar-refractivity contribution is -0.153. The van der Waals surface area contributed by atoms with Gasteiger partial charge in [-0.15, -0.1) is 0 Å². The van der Waals surface area contributed by atoms with E-state index >= 15 is 0 Å². The predicted molar refractivity (Wildman–Crippen MR) is 114 cm³/mol. The lowest BCUT2D eigenvalue weighted by Crippen LogP contribution is -2.41. The molecule has 0 bridgehead atoms. The smallest absolute Gasteiger partial charge is 0.330 e. The summed E-state index contributed by atoms with van der Waals surface area (Å²) in [5.41, 5.74) is 5.38. The Morgan fingerprint density at radius 3 is 2.45 bits per heavy atom. The molecule has 29 heavy (non-hydrogen) atoms. The van der Waals surface area contributed by atoms with E-state index in [1.807, 2.05) is 37.3 Å². The summed E-state index contributed by atoms with van der Waals surface area (Å²) in [7, 11) is 0. The number of rotatable bonds is 8. The van der Waals surface area contributed by atoms with Crippen molar-refractivity contribution in [3.8, 4) is 0 Å². The van der Waals surface area contributed by atoms with Gasteiger partial charge >= 0.3 is 11.7 Å². The van der Waals surface area contributed by atoms with E-state index in [1.54, 1.807) is 25.7 Å². The van der Waals surface area contributed by atoms with Crippen LogP contribution >= 0.6 is 0 Å². The fourth-order valence-electron chi connectivity index (χ4n) is 2.97.